The van der Waals surface area contributed by atoms with Crippen molar-refractivity contribution in [1.82, 2.24) is 20.4 Å². The van der Waals surface area contributed by atoms with Gasteiger partial charge in [-0.15, -0.1) is 5.10 Å². The summed E-state index contributed by atoms with van der Waals surface area (Å²) < 4.78 is 5.52. The number of nitrogens with one attached hydrogen (secondary N) is 1. The Morgan fingerprint density at radius 2 is 2.11 bits per heavy atom. The van der Waals surface area contributed by atoms with Crippen molar-refractivity contribution in [3.8, 4) is 5.88 Å². The molecular formula is C13H24N4O. The van der Waals surface area contributed by atoms with Gasteiger partial charge in [0.15, 0.2) is 0 Å². The minimum Gasteiger partial charge on any atom is -0.477 e. The lowest BCUT2D eigenvalue weighted by Gasteiger charge is -2.09. The van der Waals surface area contributed by atoms with Gasteiger partial charge in [0.25, 0.3) is 0 Å². The molecule has 0 radical (unpaired) electrons. The number of rotatable bonds is 9. The molecule has 0 fully saturated rings. The molecule has 102 valence electrons. The van der Waals surface area contributed by atoms with Crippen molar-refractivity contribution in [1.29, 1.82) is 0 Å². The van der Waals surface area contributed by atoms with E-state index in [4.69, 9.17) is 4.74 Å². The molecule has 1 heterocycles. The highest BCUT2D eigenvalue weighted by Crippen LogP contribution is 2.05. The van der Waals surface area contributed by atoms with Gasteiger partial charge in [-0.1, -0.05) is 6.92 Å². The summed E-state index contributed by atoms with van der Waals surface area (Å²) in [5.41, 5.74) is 0.948. The van der Waals surface area contributed by atoms with E-state index in [0.29, 0.717) is 12.5 Å². The predicted molar refractivity (Wildman–Crippen MR) is 72.7 cm³/mol. The third-order valence-corrected chi connectivity index (χ3v) is 2.43. The van der Waals surface area contributed by atoms with Gasteiger partial charge in [0.1, 0.15) is 0 Å². The molecule has 0 amide bonds. The first-order valence-corrected chi connectivity index (χ1v) is 6.53. The second-order valence-corrected chi connectivity index (χ2v) is 4.54. The van der Waals surface area contributed by atoms with Crippen LogP contribution < -0.4 is 10.1 Å². The van der Waals surface area contributed by atoms with Crippen LogP contribution in [0.3, 0.4) is 0 Å². The Morgan fingerprint density at radius 1 is 1.28 bits per heavy atom. The van der Waals surface area contributed by atoms with E-state index >= 15 is 0 Å². The monoisotopic (exact) mass is 252 g/mol. The van der Waals surface area contributed by atoms with E-state index in [1.165, 1.54) is 0 Å². The summed E-state index contributed by atoms with van der Waals surface area (Å²) in [5.74, 6) is 0.605. The van der Waals surface area contributed by atoms with Crippen molar-refractivity contribution in [2.45, 2.75) is 26.3 Å². The Labute approximate surface area is 110 Å². The molecule has 0 aliphatic carbocycles. The molecule has 5 heteroatoms. The van der Waals surface area contributed by atoms with Gasteiger partial charge >= 0.3 is 0 Å². The molecule has 0 aliphatic heterocycles. The lowest BCUT2D eigenvalue weighted by molar-refractivity contribution is 0.270. The van der Waals surface area contributed by atoms with Crippen LogP contribution in [0.25, 0.3) is 0 Å². The minimum absolute atomic E-state index is 0.605. The summed E-state index contributed by atoms with van der Waals surface area (Å²) in [5, 5.41) is 11.5. The lowest BCUT2D eigenvalue weighted by atomic mass is 10.3. The van der Waals surface area contributed by atoms with Gasteiger partial charge in [-0.25, -0.2) is 0 Å². The second-order valence-electron chi connectivity index (χ2n) is 4.54. The van der Waals surface area contributed by atoms with Gasteiger partial charge in [0.2, 0.25) is 5.88 Å². The van der Waals surface area contributed by atoms with E-state index < -0.39 is 0 Å². The zero-order valence-corrected chi connectivity index (χ0v) is 11.6. The maximum Gasteiger partial charge on any atom is 0.233 e. The van der Waals surface area contributed by atoms with Crippen LogP contribution in [0.2, 0.25) is 0 Å². The number of aromatic nitrogens is 2. The number of hydrogen-bond donors (Lipinski definition) is 1. The first kappa shape index (κ1) is 14.9. The fourth-order valence-electron chi connectivity index (χ4n) is 1.47. The van der Waals surface area contributed by atoms with Crippen LogP contribution >= 0.6 is 0 Å². The van der Waals surface area contributed by atoms with Gasteiger partial charge in [0.05, 0.1) is 12.3 Å². The zero-order chi connectivity index (χ0) is 13.2. The van der Waals surface area contributed by atoms with Crippen LogP contribution in [0, 0.1) is 0 Å². The highest BCUT2D eigenvalue weighted by Gasteiger charge is 1.99. The SMILES string of the molecule is CCCNCc1ccc(OCCCN(C)C)nn1. The predicted octanol–water partition coefficient (Wildman–Crippen LogP) is 1.31. The first-order valence-electron chi connectivity index (χ1n) is 6.53. The summed E-state index contributed by atoms with van der Waals surface area (Å²) in [6.07, 6.45) is 2.12. The van der Waals surface area contributed by atoms with E-state index in [2.05, 4.69) is 41.4 Å². The van der Waals surface area contributed by atoms with Gasteiger partial charge < -0.3 is 15.0 Å². The van der Waals surface area contributed by atoms with E-state index in [-0.39, 0.29) is 0 Å². The summed E-state index contributed by atoms with van der Waals surface area (Å²) in [7, 11) is 4.11. The molecule has 1 aromatic rings. The average molecular weight is 252 g/mol. The molecule has 0 aromatic carbocycles. The highest BCUT2D eigenvalue weighted by atomic mass is 16.5. The molecule has 0 atom stereocenters. The molecule has 1 rings (SSSR count). The number of nitrogens with zero attached hydrogens (tertiary/aromatic N) is 3. The van der Waals surface area contributed by atoms with Crippen molar-refractivity contribution in [2.75, 3.05) is 33.8 Å². The van der Waals surface area contributed by atoms with Gasteiger partial charge in [-0.2, -0.15) is 5.10 Å². The quantitative estimate of drug-likeness (QED) is 0.672. The third-order valence-electron chi connectivity index (χ3n) is 2.43. The molecule has 5 nitrogen and oxygen atoms in total. The van der Waals surface area contributed by atoms with Crippen LogP contribution in [0.5, 0.6) is 5.88 Å². The van der Waals surface area contributed by atoms with Crippen LogP contribution in [-0.2, 0) is 6.54 Å². The van der Waals surface area contributed by atoms with E-state index in [0.717, 1.165) is 38.2 Å². The third kappa shape index (κ3) is 6.51. The first-order chi connectivity index (χ1) is 8.72. The average Bonchev–Trinajstić information content (AvgIpc) is 2.36. The van der Waals surface area contributed by atoms with Gasteiger partial charge in [-0.3, -0.25) is 0 Å². The van der Waals surface area contributed by atoms with E-state index in [9.17, 15) is 0 Å². The molecular weight excluding hydrogens is 228 g/mol. The fraction of sp³-hybridized carbons (Fsp3) is 0.692. The van der Waals surface area contributed by atoms with Crippen molar-refractivity contribution in [3.63, 3.8) is 0 Å². The Hall–Kier alpha value is -1.20. The van der Waals surface area contributed by atoms with Crippen LogP contribution in [0.4, 0.5) is 0 Å². The number of ether oxygens (including phenoxy) is 1. The van der Waals surface area contributed by atoms with Crippen LogP contribution in [0.1, 0.15) is 25.5 Å². The second kappa shape index (κ2) is 8.83. The summed E-state index contributed by atoms with van der Waals surface area (Å²) >= 11 is 0. The molecule has 0 aliphatic rings. The Kier molecular flexibility index (Phi) is 7.29. The van der Waals surface area contributed by atoms with Crippen molar-refractivity contribution in [2.24, 2.45) is 0 Å². The Morgan fingerprint density at radius 3 is 2.72 bits per heavy atom. The molecule has 0 bridgehead atoms. The van der Waals surface area contributed by atoms with Crippen molar-refractivity contribution in [3.05, 3.63) is 17.8 Å². The van der Waals surface area contributed by atoms with E-state index in [1.807, 2.05) is 12.1 Å². The molecule has 1 aromatic heterocycles. The highest BCUT2D eigenvalue weighted by molar-refractivity contribution is 5.11. The largest absolute Gasteiger partial charge is 0.477 e. The Bertz CT molecular complexity index is 313. The molecule has 0 saturated heterocycles. The van der Waals surface area contributed by atoms with E-state index in [1.54, 1.807) is 0 Å². The maximum atomic E-state index is 5.52. The van der Waals surface area contributed by atoms with Gasteiger partial charge in [0, 0.05) is 19.2 Å². The standard InChI is InChI=1S/C13H24N4O/c1-4-8-14-11-12-6-7-13(16-15-12)18-10-5-9-17(2)3/h6-7,14H,4-5,8-11H2,1-3H3. The Balaban J connectivity index is 2.23. The molecule has 0 saturated carbocycles. The van der Waals surface area contributed by atoms with Gasteiger partial charge in [-0.05, 0) is 39.5 Å². The maximum absolute atomic E-state index is 5.52. The summed E-state index contributed by atoms with van der Waals surface area (Å²) in [4.78, 5) is 2.14. The number of hydrogen-bond acceptors (Lipinski definition) is 5. The summed E-state index contributed by atoms with van der Waals surface area (Å²) in [6.45, 7) is 5.61. The van der Waals surface area contributed by atoms with Crippen molar-refractivity contribution < 1.29 is 4.74 Å². The topological polar surface area (TPSA) is 50.3 Å². The van der Waals surface area contributed by atoms with Crippen LogP contribution in [-0.4, -0.2) is 48.9 Å². The van der Waals surface area contributed by atoms with Crippen LogP contribution in [0.15, 0.2) is 12.1 Å². The van der Waals surface area contributed by atoms with Crippen molar-refractivity contribution >= 4 is 0 Å². The molecule has 0 spiro atoms. The lowest BCUT2D eigenvalue weighted by Crippen LogP contribution is -2.16. The minimum atomic E-state index is 0.605. The summed E-state index contributed by atoms with van der Waals surface area (Å²) in [6, 6.07) is 3.84. The normalized spacial score (nSPS) is 10.9. The molecule has 0 unspecified atom stereocenters. The molecule has 1 N–H and O–H groups in total. The zero-order valence-electron chi connectivity index (χ0n) is 11.6. The smallest absolute Gasteiger partial charge is 0.233 e. The fourth-order valence-corrected chi connectivity index (χ4v) is 1.47. The molecule has 18 heavy (non-hydrogen) atoms.